The zero-order valence-corrected chi connectivity index (χ0v) is 13.6. The second kappa shape index (κ2) is 7.45. The van der Waals surface area contributed by atoms with Crippen LogP contribution in [0.15, 0.2) is 36.4 Å². The molecule has 0 heterocycles. The molecule has 0 radical (unpaired) electrons. The Morgan fingerprint density at radius 1 is 1.12 bits per heavy atom. The molecule has 0 aromatic heterocycles. The van der Waals surface area contributed by atoms with E-state index in [0.29, 0.717) is 11.5 Å². The van der Waals surface area contributed by atoms with Crippen molar-refractivity contribution in [3.8, 4) is 11.5 Å². The van der Waals surface area contributed by atoms with Gasteiger partial charge in [-0.25, -0.2) is 4.79 Å². The summed E-state index contributed by atoms with van der Waals surface area (Å²) in [7, 11) is 3.06. The van der Waals surface area contributed by atoms with Gasteiger partial charge in [0.15, 0.2) is 11.5 Å². The minimum Gasteiger partial charge on any atom is -0.493 e. The Labute approximate surface area is 138 Å². The number of hydrogen-bond acceptors (Lipinski definition) is 6. The highest BCUT2D eigenvalue weighted by Crippen LogP contribution is 2.30. The number of nitro benzene ring substituents is 1. The zero-order chi connectivity index (χ0) is 17.7. The van der Waals surface area contributed by atoms with Crippen LogP contribution < -0.4 is 9.47 Å². The lowest BCUT2D eigenvalue weighted by Gasteiger charge is -2.13. The third-order valence-electron chi connectivity index (χ3n) is 3.49. The van der Waals surface area contributed by atoms with Crippen molar-refractivity contribution >= 4 is 11.7 Å². The first kappa shape index (κ1) is 17.3. The number of benzene rings is 2. The van der Waals surface area contributed by atoms with Gasteiger partial charge in [-0.1, -0.05) is 6.07 Å². The van der Waals surface area contributed by atoms with Crippen molar-refractivity contribution in [3.63, 3.8) is 0 Å². The first-order valence-corrected chi connectivity index (χ1v) is 7.09. The van der Waals surface area contributed by atoms with E-state index in [9.17, 15) is 14.9 Å². The Bertz CT molecular complexity index is 772. The summed E-state index contributed by atoms with van der Waals surface area (Å²) in [5, 5.41) is 10.8. The van der Waals surface area contributed by atoms with Gasteiger partial charge in [-0.2, -0.15) is 0 Å². The van der Waals surface area contributed by atoms with Crippen LogP contribution in [0.1, 0.15) is 21.5 Å². The molecule has 24 heavy (non-hydrogen) atoms. The van der Waals surface area contributed by atoms with E-state index in [1.165, 1.54) is 31.4 Å². The topological polar surface area (TPSA) is 87.9 Å². The van der Waals surface area contributed by atoms with E-state index in [1.807, 2.05) is 6.92 Å². The van der Waals surface area contributed by atoms with E-state index in [4.69, 9.17) is 14.2 Å². The summed E-state index contributed by atoms with van der Waals surface area (Å²) >= 11 is 0. The normalized spacial score (nSPS) is 10.1. The maximum absolute atomic E-state index is 12.1. The SMILES string of the molecule is COc1cc(C)c(COC(=O)c2cccc([N+](=O)[O-])c2)cc1OC. The number of ether oxygens (including phenoxy) is 3. The Morgan fingerprint density at radius 2 is 1.79 bits per heavy atom. The Kier molecular flexibility index (Phi) is 5.36. The molecule has 2 aromatic rings. The molecular formula is C17H17NO6. The number of carbonyl (C=O) groups is 1. The third kappa shape index (κ3) is 3.81. The molecule has 0 saturated heterocycles. The first-order chi connectivity index (χ1) is 11.5. The number of nitro groups is 1. The summed E-state index contributed by atoms with van der Waals surface area (Å²) in [5.41, 5.74) is 1.60. The average Bonchev–Trinajstić information content (AvgIpc) is 2.60. The quantitative estimate of drug-likeness (QED) is 0.458. The van der Waals surface area contributed by atoms with E-state index in [2.05, 4.69) is 0 Å². The summed E-state index contributed by atoms with van der Waals surface area (Å²) < 4.78 is 15.7. The minimum absolute atomic E-state index is 0.0215. The Hall–Kier alpha value is -3.09. The monoisotopic (exact) mass is 331 g/mol. The molecule has 7 nitrogen and oxygen atoms in total. The van der Waals surface area contributed by atoms with E-state index in [-0.39, 0.29) is 17.9 Å². The van der Waals surface area contributed by atoms with Crippen molar-refractivity contribution in [2.75, 3.05) is 14.2 Å². The van der Waals surface area contributed by atoms with Crippen LogP contribution in [-0.2, 0) is 11.3 Å². The van der Waals surface area contributed by atoms with E-state index < -0.39 is 10.9 Å². The fraction of sp³-hybridized carbons (Fsp3) is 0.235. The molecular weight excluding hydrogens is 314 g/mol. The predicted octanol–water partition coefficient (Wildman–Crippen LogP) is 3.28. The maximum atomic E-state index is 12.1. The molecule has 0 N–H and O–H groups in total. The van der Waals surface area contributed by atoms with Gasteiger partial charge in [0.1, 0.15) is 6.61 Å². The van der Waals surface area contributed by atoms with Crippen LogP contribution in [0.2, 0.25) is 0 Å². The van der Waals surface area contributed by atoms with Crippen LogP contribution in [0.25, 0.3) is 0 Å². The second-order valence-corrected chi connectivity index (χ2v) is 5.02. The molecule has 0 aliphatic heterocycles. The van der Waals surface area contributed by atoms with E-state index in [1.54, 1.807) is 19.2 Å². The number of methoxy groups -OCH3 is 2. The standard InChI is InChI=1S/C17H17NO6/c1-11-7-15(22-2)16(23-3)9-13(11)10-24-17(19)12-5-4-6-14(8-12)18(20)21/h4-9H,10H2,1-3H3. The Morgan fingerprint density at radius 3 is 2.42 bits per heavy atom. The van der Waals surface area contributed by atoms with Gasteiger partial charge < -0.3 is 14.2 Å². The number of rotatable bonds is 6. The fourth-order valence-electron chi connectivity index (χ4n) is 2.15. The summed E-state index contributed by atoms with van der Waals surface area (Å²) in [6.45, 7) is 1.88. The number of esters is 1. The van der Waals surface area contributed by atoms with Crippen LogP contribution in [-0.4, -0.2) is 25.1 Å². The van der Waals surface area contributed by atoms with Gasteiger partial charge in [-0.3, -0.25) is 10.1 Å². The maximum Gasteiger partial charge on any atom is 0.338 e. The number of non-ortho nitro benzene ring substituents is 1. The molecule has 0 spiro atoms. The molecule has 126 valence electrons. The van der Waals surface area contributed by atoms with Gasteiger partial charge in [0.2, 0.25) is 0 Å². The van der Waals surface area contributed by atoms with Crippen molar-refractivity contribution in [1.82, 2.24) is 0 Å². The third-order valence-corrected chi connectivity index (χ3v) is 3.49. The Balaban J connectivity index is 2.14. The predicted molar refractivity (Wildman–Crippen MR) is 86.5 cm³/mol. The summed E-state index contributed by atoms with van der Waals surface area (Å²) in [6.07, 6.45) is 0. The molecule has 0 fully saturated rings. The van der Waals surface area contributed by atoms with Crippen molar-refractivity contribution < 1.29 is 23.9 Å². The summed E-state index contributed by atoms with van der Waals surface area (Å²) in [5.74, 6) is 0.487. The first-order valence-electron chi connectivity index (χ1n) is 7.09. The van der Waals surface area contributed by atoms with Crippen molar-refractivity contribution in [2.24, 2.45) is 0 Å². The summed E-state index contributed by atoms with van der Waals surface area (Å²) in [4.78, 5) is 22.3. The smallest absolute Gasteiger partial charge is 0.338 e. The molecule has 0 aliphatic carbocycles. The molecule has 0 saturated carbocycles. The highest BCUT2D eigenvalue weighted by molar-refractivity contribution is 5.90. The van der Waals surface area contributed by atoms with Crippen LogP contribution in [0.3, 0.4) is 0 Å². The zero-order valence-electron chi connectivity index (χ0n) is 13.6. The molecule has 0 atom stereocenters. The highest BCUT2D eigenvalue weighted by atomic mass is 16.6. The molecule has 7 heteroatoms. The van der Waals surface area contributed by atoms with Crippen molar-refractivity contribution in [1.29, 1.82) is 0 Å². The number of aryl methyl sites for hydroxylation is 1. The van der Waals surface area contributed by atoms with Crippen LogP contribution in [0, 0.1) is 17.0 Å². The number of hydrogen-bond donors (Lipinski definition) is 0. The highest BCUT2D eigenvalue weighted by Gasteiger charge is 2.14. The van der Waals surface area contributed by atoms with Gasteiger partial charge in [0, 0.05) is 12.1 Å². The van der Waals surface area contributed by atoms with Gasteiger partial charge >= 0.3 is 5.97 Å². The van der Waals surface area contributed by atoms with E-state index in [0.717, 1.165) is 11.1 Å². The van der Waals surface area contributed by atoms with Gasteiger partial charge in [-0.15, -0.1) is 0 Å². The van der Waals surface area contributed by atoms with Crippen LogP contribution >= 0.6 is 0 Å². The largest absolute Gasteiger partial charge is 0.493 e. The molecule has 0 aliphatic rings. The summed E-state index contributed by atoms with van der Waals surface area (Å²) in [6, 6.07) is 8.93. The van der Waals surface area contributed by atoms with Crippen LogP contribution in [0.4, 0.5) is 5.69 Å². The van der Waals surface area contributed by atoms with Crippen LogP contribution in [0.5, 0.6) is 11.5 Å². The molecule has 0 amide bonds. The molecule has 0 unspecified atom stereocenters. The lowest BCUT2D eigenvalue weighted by molar-refractivity contribution is -0.384. The van der Waals surface area contributed by atoms with Crippen molar-refractivity contribution in [3.05, 3.63) is 63.2 Å². The van der Waals surface area contributed by atoms with Gasteiger partial charge in [0.25, 0.3) is 5.69 Å². The van der Waals surface area contributed by atoms with E-state index >= 15 is 0 Å². The lowest BCUT2D eigenvalue weighted by atomic mass is 10.1. The number of carbonyl (C=O) groups excluding carboxylic acids is 1. The van der Waals surface area contributed by atoms with Gasteiger partial charge in [0.05, 0.1) is 24.7 Å². The fourth-order valence-corrected chi connectivity index (χ4v) is 2.15. The molecule has 2 aromatic carbocycles. The molecule has 2 rings (SSSR count). The van der Waals surface area contributed by atoms with Gasteiger partial charge in [-0.05, 0) is 36.2 Å². The number of nitrogens with zero attached hydrogens (tertiary/aromatic N) is 1. The van der Waals surface area contributed by atoms with Crippen molar-refractivity contribution in [2.45, 2.75) is 13.5 Å². The second-order valence-electron chi connectivity index (χ2n) is 5.02. The molecule has 0 bridgehead atoms. The lowest BCUT2D eigenvalue weighted by Crippen LogP contribution is -2.07. The minimum atomic E-state index is -0.632. The average molecular weight is 331 g/mol.